The largest absolute Gasteiger partial charge is 0.391 e. The predicted octanol–water partition coefficient (Wildman–Crippen LogP) is 4.63. The lowest BCUT2D eigenvalue weighted by molar-refractivity contribution is -0.133. The molecule has 0 saturated carbocycles. The van der Waals surface area contributed by atoms with Gasteiger partial charge in [-0.1, -0.05) is 43.7 Å². The molecule has 0 atom stereocenters. The number of hydrogen-bond donors (Lipinski definition) is 0. The fourth-order valence-corrected chi connectivity index (χ4v) is 2.45. The van der Waals surface area contributed by atoms with E-state index in [2.05, 4.69) is 11.9 Å². The molecule has 0 N–H and O–H groups in total. The van der Waals surface area contributed by atoms with Gasteiger partial charge in [0.25, 0.3) is 0 Å². The van der Waals surface area contributed by atoms with Gasteiger partial charge in [-0.05, 0) is 24.1 Å². The fourth-order valence-electron chi connectivity index (χ4n) is 1.86. The SMILES string of the molecule is CCCCC(=O)OSCc1ccnc(-c2ccccc2)c1. The van der Waals surface area contributed by atoms with Crippen LogP contribution in [0.2, 0.25) is 0 Å². The van der Waals surface area contributed by atoms with Crippen molar-refractivity contribution in [3.05, 3.63) is 54.2 Å². The van der Waals surface area contributed by atoms with Crippen LogP contribution < -0.4 is 0 Å². The van der Waals surface area contributed by atoms with E-state index >= 15 is 0 Å². The first-order chi connectivity index (χ1) is 10.3. The Morgan fingerprint density at radius 1 is 1.24 bits per heavy atom. The highest BCUT2D eigenvalue weighted by atomic mass is 32.2. The third kappa shape index (κ3) is 5.23. The van der Waals surface area contributed by atoms with Crippen LogP contribution in [0.1, 0.15) is 31.7 Å². The molecule has 4 heteroatoms. The maximum absolute atomic E-state index is 11.4. The second-order valence-corrected chi connectivity index (χ2v) is 5.43. The molecule has 1 aromatic carbocycles. The Morgan fingerprint density at radius 2 is 2.05 bits per heavy atom. The molecule has 2 aromatic rings. The van der Waals surface area contributed by atoms with Crippen molar-refractivity contribution in [1.82, 2.24) is 4.98 Å². The van der Waals surface area contributed by atoms with Crippen molar-refractivity contribution in [2.75, 3.05) is 0 Å². The molecular weight excluding hydrogens is 282 g/mol. The number of nitrogens with zero attached hydrogens (tertiary/aromatic N) is 1. The smallest absolute Gasteiger partial charge is 0.317 e. The molecule has 0 fully saturated rings. The highest BCUT2D eigenvalue weighted by Crippen LogP contribution is 2.20. The standard InChI is InChI=1S/C17H19NO2S/c1-2-3-9-17(19)20-21-13-14-10-11-18-16(12-14)15-7-5-4-6-8-15/h4-8,10-12H,2-3,9,13H2,1H3. The van der Waals surface area contributed by atoms with Crippen molar-refractivity contribution in [1.29, 1.82) is 0 Å². The highest BCUT2D eigenvalue weighted by Gasteiger charge is 2.05. The summed E-state index contributed by atoms with van der Waals surface area (Å²) in [7, 11) is 0. The zero-order chi connectivity index (χ0) is 14.9. The molecule has 0 saturated heterocycles. The number of rotatable bonds is 7. The summed E-state index contributed by atoms with van der Waals surface area (Å²) in [5.74, 6) is 0.499. The molecule has 0 aliphatic rings. The summed E-state index contributed by atoms with van der Waals surface area (Å²) < 4.78 is 5.15. The van der Waals surface area contributed by atoms with E-state index in [1.807, 2.05) is 42.5 Å². The van der Waals surface area contributed by atoms with Gasteiger partial charge in [0.05, 0.1) is 23.5 Å². The predicted molar refractivity (Wildman–Crippen MR) is 86.6 cm³/mol. The van der Waals surface area contributed by atoms with Gasteiger partial charge >= 0.3 is 5.97 Å². The van der Waals surface area contributed by atoms with Gasteiger partial charge in [-0.3, -0.25) is 9.78 Å². The maximum atomic E-state index is 11.4. The zero-order valence-corrected chi connectivity index (χ0v) is 12.9. The first-order valence-corrected chi connectivity index (χ1v) is 8.03. The normalized spacial score (nSPS) is 10.3. The van der Waals surface area contributed by atoms with Crippen LogP contribution >= 0.6 is 12.0 Å². The van der Waals surface area contributed by atoms with E-state index in [0.717, 1.165) is 29.7 Å². The summed E-state index contributed by atoms with van der Waals surface area (Å²) in [5, 5.41) is 0. The minimum Gasteiger partial charge on any atom is -0.391 e. The van der Waals surface area contributed by atoms with E-state index in [4.69, 9.17) is 4.18 Å². The Bertz CT molecular complexity index is 572. The lowest BCUT2D eigenvalue weighted by Gasteiger charge is -2.05. The molecule has 0 radical (unpaired) electrons. The van der Waals surface area contributed by atoms with Crippen LogP contribution in [0.5, 0.6) is 0 Å². The zero-order valence-electron chi connectivity index (χ0n) is 12.1. The van der Waals surface area contributed by atoms with E-state index < -0.39 is 0 Å². The van der Waals surface area contributed by atoms with E-state index in [9.17, 15) is 4.79 Å². The Labute approximate surface area is 130 Å². The molecule has 1 heterocycles. The van der Waals surface area contributed by atoms with Gasteiger partial charge in [-0.2, -0.15) is 0 Å². The molecular formula is C17H19NO2S. The van der Waals surface area contributed by atoms with E-state index in [-0.39, 0.29) is 5.97 Å². The van der Waals surface area contributed by atoms with Crippen LogP contribution in [0.15, 0.2) is 48.7 Å². The Hall–Kier alpha value is -1.81. The number of carbonyl (C=O) groups excluding carboxylic acids is 1. The lowest BCUT2D eigenvalue weighted by atomic mass is 10.1. The molecule has 0 amide bonds. The monoisotopic (exact) mass is 301 g/mol. The van der Waals surface area contributed by atoms with Crippen LogP contribution in [-0.4, -0.2) is 11.0 Å². The van der Waals surface area contributed by atoms with Crippen molar-refractivity contribution >= 4 is 18.0 Å². The number of hydrogen-bond acceptors (Lipinski definition) is 4. The van der Waals surface area contributed by atoms with Crippen LogP contribution in [-0.2, 0) is 14.7 Å². The average Bonchev–Trinajstić information content (AvgIpc) is 2.54. The Balaban J connectivity index is 1.89. The summed E-state index contributed by atoms with van der Waals surface area (Å²) in [6.07, 6.45) is 4.17. The number of aromatic nitrogens is 1. The molecule has 0 aliphatic heterocycles. The van der Waals surface area contributed by atoms with Crippen LogP contribution in [0.25, 0.3) is 11.3 Å². The van der Waals surface area contributed by atoms with Gasteiger partial charge in [-0.15, -0.1) is 0 Å². The molecule has 0 unspecified atom stereocenters. The number of unbranched alkanes of at least 4 members (excludes halogenated alkanes) is 1. The summed E-state index contributed by atoms with van der Waals surface area (Å²) in [4.78, 5) is 15.8. The lowest BCUT2D eigenvalue weighted by Crippen LogP contribution is -1.98. The fraction of sp³-hybridized carbons (Fsp3) is 0.294. The van der Waals surface area contributed by atoms with Crippen LogP contribution in [0, 0.1) is 0 Å². The molecule has 110 valence electrons. The summed E-state index contributed by atoms with van der Waals surface area (Å²) >= 11 is 1.19. The molecule has 0 bridgehead atoms. The summed E-state index contributed by atoms with van der Waals surface area (Å²) in [5.41, 5.74) is 3.12. The second kappa shape index (κ2) is 8.47. The molecule has 3 nitrogen and oxygen atoms in total. The number of benzene rings is 1. The Morgan fingerprint density at radius 3 is 2.81 bits per heavy atom. The number of carbonyl (C=O) groups is 1. The quantitative estimate of drug-likeness (QED) is 0.699. The molecule has 1 aromatic heterocycles. The van der Waals surface area contributed by atoms with Gasteiger partial charge in [-0.25, -0.2) is 0 Å². The van der Waals surface area contributed by atoms with E-state index in [0.29, 0.717) is 12.2 Å². The van der Waals surface area contributed by atoms with Crippen LogP contribution in [0.3, 0.4) is 0 Å². The van der Waals surface area contributed by atoms with Gasteiger partial charge < -0.3 is 4.18 Å². The first-order valence-electron chi connectivity index (χ1n) is 7.12. The van der Waals surface area contributed by atoms with Gasteiger partial charge in [0.2, 0.25) is 0 Å². The molecule has 21 heavy (non-hydrogen) atoms. The third-order valence-electron chi connectivity index (χ3n) is 3.01. The van der Waals surface area contributed by atoms with E-state index in [1.54, 1.807) is 6.20 Å². The molecule has 0 spiro atoms. The summed E-state index contributed by atoms with van der Waals surface area (Å²) in [6.45, 7) is 2.06. The third-order valence-corrected chi connectivity index (χ3v) is 3.76. The van der Waals surface area contributed by atoms with Crippen molar-refractivity contribution in [2.45, 2.75) is 31.9 Å². The minimum atomic E-state index is -0.140. The van der Waals surface area contributed by atoms with Crippen molar-refractivity contribution in [3.8, 4) is 11.3 Å². The second-order valence-electron chi connectivity index (χ2n) is 4.74. The van der Waals surface area contributed by atoms with Gasteiger partial charge in [0, 0.05) is 18.2 Å². The maximum Gasteiger partial charge on any atom is 0.317 e. The van der Waals surface area contributed by atoms with Crippen molar-refractivity contribution in [3.63, 3.8) is 0 Å². The Kier molecular flexibility index (Phi) is 6.28. The van der Waals surface area contributed by atoms with Crippen LogP contribution in [0.4, 0.5) is 0 Å². The molecule has 2 rings (SSSR count). The first kappa shape index (κ1) is 15.6. The summed E-state index contributed by atoms with van der Waals surface area (Å²) in [6, 6.07) is 14.0. The van der Waals surface area contributed by atoms with Crippen molar-refractivity contribution < 1.29 is 8.98 Å². The molecule has 0 aliphatic carbocycles. The van der Waals surface area contributed by atoms with Gasteiger partial charge in [0.1, 0.15) is 0 Å². The topological polar surface area (TPSA) is 39.2 Å². The van der Waals surface area contributed by atoms with E-state index in [1.165, 1.54) is 12.0 Å². The average molecular weight is 301 g/mol. The van der Waals surface area contributed by atoms with Crippen molar-refractivity contribution in [2.24, 2.45) is 0 Å². The number of pyridine rings is 1. The van der Waals surface area contributed by atoms with Gasteiger partial charge in [0.15, 0.2) is 0 Å². The minimum absolute atomic E-state index is 0.140. The highest BCUT2D eigenvalue weighted by molar-refractivity contribution is 7.94.